The Morgan fingerprint density at radius 1 is 1.35 bits per heavy atom. The van der Waals surface area contributed by atoms with Crippen LogP contribution in [0.4, 0.5) is 0 Å². The molecule has 0 aliphatic heterocycles. The Morgan fingerprint density at radius 2 is 2.06 bits per heavy atom. The van der Waals surface area contributed by atoms with E-state index >= 15 is 0 Å². The van der Waals surface area contributed by atoms with Crippen molar-refractivity contribution in [1.29, 1.82) is 0 Å². The van der Waals surface area contributed by atoms with Crippen LogP contribution < -0.4 is 5.73 Å². The number of nitrogens with two attached hydrogens (primary N) is 1. The highest BCUT2D eigenvalue weighted by Gasteiger charge is 2.10. The molecule has 17 heavy (non-hydrogen) atoms. The van der Waals surface area contributed by atoms with Crippen molar-refractivity contribution in [2.24, 2.45) is 5.73 Å². The topological polar surface area (TPSA) is 92.0 Å². The quantitative estimate of drug-likeness (QED) is 0.738. The molecule has 1 aromatic heterocycles. The molecule has 0 unspecified atom stereocenters. The maximum absolute atomic E-state index is 10.4. The van der Waals surface area contributed by atoms with E-state index in [1.165, 1.54) is 0 Å². The second kappa shape index (κ2) is 7.19. The van der Waals surface area contributed by atoms with Gasteiger partial charge >= 0.3 is 5.97 Å². The molecule has 1 aromatic carbocycles. The summed E-state index contributed by atoms with van der Waals surface area (Å²) >= 11 is 0. The lowest BCUT2D eigenvalue weighted by Crippen LogP contribution is -2.32. The molecule has 0 amide bonds. The van der Waals surface area contributed by atoms with Crippen LogP contribution in [-0.2, 0) is 11.2 Å². The molecule has 2 aromatic rings. The van der Waals surface area contributed by atoms with E-state index in [-0.39, 0.29) is 0 Å². The molecule has 0 aliphatic carbocycles. The van der Waals surface area contributed by atoms with E-state index in [9.17, 15) is 4.79 Å². The Bertz CT molecular complexity index is 397. The molecular weight excluding hydrogens is 218 g/mol. The predicted molar refractivity (Wildman–Crippen MR) is 64.3 cm³/mol. The Balaban J connectivity index is 0.000000239. The zero-order chi connectivity index (χ0) is 12.5. The number of hydrogen-bond acceptors (Lipinski definition) is 3. The summed E-state index contributed by atoms with van der Waals surface area (Å²) in [6, 6.07) is 10.4. The summed E-state index contributed by atoms with van der Waals surface area (Å²) in [5.41, 5.74) is 6.30. The number of carboxylic acids is 1. The average molecular weight is 233 g/mol. The summed E-state index contributed by atoms with van der Waals surface area (Å²) < 4.78 is 0. The van der Waals surface area contributed by atoms with Crippen molar-refractivity contribution >= 4 is 5.97 Å². The molecule has 0 fully saturated rings. The number of H-pyrrole nitrogens is 1. The monoisotopic (exact) mass is 233 g/mol. The highest BCUT2D eigenvalue weighted by atomic mass is 16.4. The molecule has 5 nitrogen and oxygen atoms in total. The first kappa shape index (κ1) is 12.9. The van der Waals surface area contributed by atoms with Crippen LogP contribution in [0.3, 0.4) is 0 Å². The smallest absolute Gasteiger partial charge is 0.320 e. The van der Waals surface area contributed by atoms with E-state index in [1.807, 2.05) is 36.4 Å². The minimum absolute atomic E-state index is 0.385. The lowest BCUT2D eigenvalue weighted by atomic mass is 10.1. The third-order valence-corrected chi connectivity index (χ3v) is 2.02. The maximum Gasteiger partial charge on any atom is 0.320 e. The van der Waals surface area contributed by atoms with Crippen molar-refractivity contribution in [2.45, 2.75) is 12.5 Å². The SMILES string of the molecule is N[C@@H](Cc1ccccc1)C(=O)O.c1cn[nH]c1. The summed E-state index contributed by atoms with van der Waals surface area (Å²) in [6.45, 7) is 0. The van der Waals surface area contributed by atoms with E-state index in [4.69, 9.17) is 10.8 Å². The van der Waals surface area contributed by atoms with Gasteiger partial charge in [-0.05, 0) is 18.1 Å². The summed E-state index contributed by atoms with van der Waals surface area (Å²) in [7, 11) is 0. The van der Waals surface area contributed by atoms with Crippen molar-refractivity contribution in [3.05, 3.63) is 54.4 Å². The summed E-state index contributed by atoms with van der Waals surface area (Å²) in [6.07, 6.45) is 3.84. The number of carbonyl (C=O) groups is 1. The number of aromatic amines is 1. The summed E-state index contributed by atoms with van der Waals surface area (Å²) in [5.74, 6) is -0.959. The number of rotatable bonds is 3. The maximum atomic E-state index is 10.4. The molecule has 0 radical (unpaired) electrons. The first-order valence-corrected chi connectivity index (χ1v) is 5.16. The van der Waals surface area contributed by atoms with Crippen LogP contribution in [0, 0.1) is 0 Å². The van der Waals surface area contributed by atoms with E-state index in [2.05, 4.69) is 10.2 Å². The molecule has 0 saturated carbocycles. The van der Waals surface area contributed by atoms with Crippen molar-refractivity contribution < 1.29 is 9.90 Å². The van der Waals surface area contributed by atoms with E-state index in [0.29, 0.717) is 6.42 Å². The van der Waals surface area contributed by atoms with Gasteiger partial charge in [-0.15, -0.1) is 0 Å². The molecule has 2 rings (SSSR count). The molecule has 5 heteroatoms. The molecule has 1 heterocycles. The Hall–Kier alpha value is -2.14. The van der Waals surface area contributed by atoms with Crippen LogP contribution in [0.25, 0.3) is 0 Å². The predicted octanol–water partition coefficient (Wildman–Crippen LogP) is 1.05. The number of hydrogen-bond donors (Lipinski definition) is 3. The third kappa shape index (κ3) is 5.48. The van der Waals surface area contributed by atoms with Crippen molar-refractivity contribution in [1.82, 2.24) is 10.2 Å². The van der Waals surface area contributed by atoms with Crippen LogP contribution in [-0.4, -0.2) is 27.3 Å². The standard InChI is InChI=1S/C9H11NO2.C3H4N2/c10-8(9(11)12)6-7-4-2-1-3-5-7;1-2-4-5-3-1/h1-5,8H,6,10H2,(H,11,12);1-3H,(H,4,5)/t8-;/m0./s1. The van der Waals surface area contributed by atoms with Crippen LogP contribution in [0.1, 0.15) is 5.56 Å². The van der Waals surface area contributed by atoms with E-state index < -0.39 is 12.0 Å². The largest absolute Gasteiger partial charge is 0.480 e. The molecule has 0 aliphatic rings. The van der Waals surface area contributed by atoms with Crippen molar-refractivity contribution in [3.8, 4) is 0 Å². The summed E-state index contributed by atoms with van der Waals surface area (Å²) in [5, 5.41) is 14.7. The Labute approximate surface area is 99.3 Å². The van der Waals surface area contributed by atoms with Gasteiger partial charge < -0.3 is 10.8 Å². The fraction of sp³-hybridized carbons (Fsp3) is 0.167. The van der Waals surface area contributed by atoms with E-state index in [0.717, 1.165) is 5.56 Å². The first-order chi connectivity index (χ1) is 8.20. The molecule has 0 saturated heterocycles. The lowest BCUT2D eigenvalue weighted by Gasteiger charge is -2.04. The number of carboxylic acid groups (broad SMARTS) is 1. The average Bonchev–Trinajstić information content (AvgIpc) is 2.89. The van der Waals surface area contributed by atoms with E-state index in [1.54, 1.807) is 12.4 Å². The zero-order valence-corrected chi connectivity index (χ0v) is 9.28. The van der Waals surface area contributed by atoms with Crippen LogP contribution in [0.5, 0.6) is 0 Å². The first-order valence-electron chi connectivity index (χ1n) is 5.16. The van der Waals surface area contributed by atoms with Gasteiger partial charge in [0.05, 0.1) is 0 Å². The fourth-order valence-electron chi connectivity index (χ4n) is 1.17. The number of aliphatic carboxylic acids is 1. The summed E-state index contributed by atoms with van der Waals surface area (Å²) in [4.78, 5) is 10.4. The van der Waals surface area contributed by atoms with Crippen LogP contribution in [0.15, 0.2) is 48.8 Å². The van der Waals surface area contributed by atoms with Gasteiger partial charge in [-0.3, -0.25) is 9.89 Å². The lowest BCUT2D eigenvalue weighted by molar-refractivity contribution is -0.138. The zero-order valence-electron chi connectivity index (χ0n) is 9.28. The molecule has 1 atom stereocenters. The minimum Gasteiger partial charge on any atom is -0.480 e. The fourth-order valence-corrected chi connectivity index (χ4v) is 1.17. The number of aromatic nitrogens is 2. The number of nitrogens with zero attached hydrogens (tertiary/aromatic N) is 1. The van der Waals surface area contributed by atoms with Crippen molar-refractivity contribution in [3.63, 3.8) is 0 Å². The van der Waals surface area contributed by atoms with Gasteiger partial charge in [0.2, 0.25) is 0 Å². The second-order valence-electron chi connectivity index (χ2n) is 3.40. The minimum atomic E-state index is -0.959. The van der Waals surface area contributed by atoms with Crippen LogP contribution in [0.2, 0.25) is 0 Å². The normalized spacial score (nSPS) is 11.1. The Morgan fingerprint density at radius 3 is 2.47 bits per heavy atom. The third-order valence-electron chi connectivity index (χ3n) is 2.02. The van der Waals surface area contributed by atoms with Crippen molar-refractivity contribution in [2.75, 3.05) is 0 Å². The highest BCUT2D eigenvalue weighted by Crippen LogP contribution is 2.01. The number of nitrogens with one attached hydrogen (secondary N) is 1. The van der Waals surface area contributed by atoms with Gasteiger partial charge in [0.1, 0.15) is 6.04 Å². The van der Waals surface area contributed by atoms with Gasteiger partial charge in [0, 0.05) is 12.4 Å². The Kier molecular flexibility index (Phi) is 5.46. The van der Waals surface area contributed by atoms with Gasteiger partial charge in [-0.1, -0.05) is 30.3 Å². The van der Waals surface area contributed by atoms with Gasteiger partial charge in [0.25, 0.3) is 0 Å². The van der Waals surface area contributed by atoms with Crippen LogP contribution >= 0.6 is 0 Å². The molecular formula is C12H15N3O2. The molecule has 0 bridgehead atoms. The van der Waals surface area contributed by atoms with Gasteiger partial charge in [0.15, 0.2) is 0 Å². The molecule has 0 spiro atoms. The van der Waals surface area contributed by atoms with Gasteiger partial charge in [-0.2, -0.15) is 5.10 Å². The van der Waals surface area contributed by atoms with Gasteiger partial charge in [-0.25, -0.2) is 0 Å². The molecule has 4 N–H and O–H groups in total. The molecule has 90 valence electrons. The second-order valence-corrected chi connectivity index (χ2v) is 3.40. The number of benzene rings is 1. The highest BCUT2D eigenvalue weighted by molar-refractivity contribution is 5.73.